The van der Waals surface area contributed by atoms with Gasteiger partial charge in [-0.15, -0.1) is 0 Å². The molecule has 0 aromatic heterocycles. The highest BCUT2D eigenvalue weighted by molar-refractivity contribution is 5.81. The molecule has 0 heterocycles. The summed E-state index contributed by atoms with van der Waals surface area (Å²) >= 11 is 0. The third kappa shape index (κ3) is 6.61. The number of nitrogens with two attached hydrogens (primary N) is 1. The minimum Gasteiger partial charge on any atom is -0.370 e. The van der Waals surface area contributed by atoms with Crippen LogP contribution in [0, 0.1) is 5.92 Å². The first-order chi connectivity index (χ1) is 7.92. The number of methoxy groups -OCH3 is 1. The van der Waals surface area contributed by atoms with E-state index in [1.165, 1.54) is 7.11 Å². The Hall–Kier alpha value is -0.650. The lowest BCUT2D eigenvalue weighted by atomic mass is 10.2. The number of ether oxygens (including phenoxy) is 1. The molecule has 0 rings (SSSR count). The number of nitrogens with zero attached hydrogens (tertiary/aromatic N) is 2. The summed E-state index contributed by atoms with van der Waals surface area (Å²) in [4.78, 5) is 16.1. The van der Waals surface area contributed by atoms with Crippen LogP contribution in [0.25, 0.3) is 0 Å². The third-order valence-corrected chi connectivity index (χ3v) is 2.49. The summed E-state index contributed by atoms with van der Waals surface area (Å²) in [6.45, 7) is 6.72. The summed E-state index contributed by atoms with van der Waals surface area (Å²) in [5, 5.41) is 0. The second-order valence-corrected chi connectivity index (χ2v) is 4.94. The molecule has 0 aliphatic heterocycles. The van der Waals surface area contributed by atoms with Crippen LogP contribution in [0.4, 0.5) is 0 Å². The molecule has 0 aromatic rings. The van der Waals surface area contributed by atoms with E-state index in [0.717, 1.165) is 13.1 Å². The monoisotopic (exact) mass is 245 g/mol. The second-order valence-electron chi connectivity index (χ2n) is 4.94. The van der Waals surface area contributed by atoms with Crippen LogP contribution in [0.3, 0.4) is 0 Å². The van der Waals surface area contributed by atoms with Gasteiger partial charge in [0.15, 0.2) is 0 Å². The van der Waals surface area contributed by atoms with Crippen LogP contribution in [0.1, 0.15) is 13.8 Å². The predicted molar refractivity (Wildman–Crippen MR) is 69.8 cm³/mol. The van der Waals surface area contributed by atoms with Crippen molar-refractivity contribution in [3.05, 3.63) is 0 Å². The summed E-state index contributed by atoms with van der Waals surface area (Å²) in [7, 11) is 5.51. The number of carbonyl (C=O) groups is 1. The maximum Gasteiger partial charge on any atom is 0.253 e. The van der Waals surface area contributed by atoms with Crippen LogP contribution in [0.5, 0.6) is 0 Å². The van der Waals surface area contributed by atoms with Crippen molar-refractivity contribution in [1.82, 2.24) is 9.80 Å². The van der Waals surface area contributed by atoms with Crippen molar-refractivity contribution in [2.75, 3.05) is 47.4 Å². The van der Waals surface area contributed by atoms with E-state index in [-0.39, 0.29) is 12.5 Å². The Balaban J connectivity index is 4.48. The molecule has 0 spiro atoms. The number of hydrogen-bond acceptors (Lipinski definition) is 4. The first kappa shape index (κ1) is 16.4. The zero-order valence-electron chi connectivity index (χ0n) is 11.8. The molecular formula is C12H27N3O2. The van der Waals surface area contributed by atoms with Crippen molar-refractivity contribution in [3.8, 4) is 0 Å². The van der Waals surface area contributed by atoms with Gasteiger partial charge in [-0.3, -0.25) is 4.79 Å². The molecule has 1 amide bonds. The molecule has 102 valence electrons. The maximum absolute atomic E-state index is 12.2. The molecular weight excluding hydrogens is 218 g/mol. The molecule has 0 aromatic carbocycles. The number of hydrogen-bond donors (Lipinski definition) is 1. The van der Waals surface area contributed by atoms with Gasteiger partial charge in [-0.1, -0.05) is 13.8 Å². The zero-order valence-corrected chi connectivity index (χ0v) is 11.8. The lowest BCUT2D eigenvalue weighted by Crippen LogP contribution is -2.47. The van der Waals surface area contributed by atoms with Crippen LogP contribution >= 0.6 is 0 Å². The number of amides is 1. The summed E-state index contributed by atoms with van der Waals surface area (Å²) in [5.74, 6) is 0.432. The largest absolute Gasteiger partial charge is 0.370 e. The van der Waals surface area contributed by atoms with Gasteiger partial charge in [0.05, 0.1) is 0 Å². The molecule has 1 atom stereocenters. The molecule has 2 N–H and O–H groups in total. The van der Waals surface area contributed by atoms with Gasteiger partial charge in [-0.25, -0.2) is 0 Å². The summed E-state index contributed by atoms with van der Waals surface area (Å²) in [5.41, 5.74) is 5.53. The van der Waals surface area contributed by atoms with Crippen LogP contribution < -0.4 is 5.73 Å². The smallest absolute Gasteiger partial charge is 0.253 e. The lowest BCUT2D eigenvalue weighted by molar-refractivity contribution is -0.142. The molecule has 0 aliphatic rings. The normalized spacial score (nSPS) is 13.2. The van der Waals surface area contributed by atoms with Gasteiger partial charge in [-0.05, 0) is 20.0 Å². The average Bonchev–Trinajstić information content (AvgIpc) is 2.25. The maximum atomic E-state index is 12.2. The van der Waals surface area contributed by atoms with Gasteiger partial charge in [0.25, 0.3) is 5.91 Å². The highest BCUT2D eigenvalue weighted by Crippen LogP contribution is 2.03. The fourth-order valence-corrected chi connectivity index (χ4v) is 1.55. The molecule has 0 bridgehead atoms. The average molecular weight is 245 g/mol. The fourth-order valence-electron chi connectivity index (χ4n) is 1.55. The lowest BCUT2D eigenvalue weighted by Gasteiger charge is -2.28. The molecule has 17 heavy (non-hydrogen) atoms. The van der Waals surface area contributed by atoms with E-state index in [1.54, 1.807) is 0 Å². The molecule has 1 unspecified atom stereocenters. The number of likely N-dealkylation sites (N-methyl/N-ethyl adjacent to an activating group) is 1. The van der Waals surface area contributed by atoms with Gasteiger partial charge in [0, 0.05) is 33.3 Å². The van der Waals surface area contributed by atoms with Gasteiger partial charge in [-0.2, -0.15) is 0 Å². The Morgan fingerprint density at radius 3 is 2.24 bits per heavy atom. The van der Waals surface area contributed by atoms with Gasteiger partial charge < -0.3 is 20.3 Å². The van der Waals surface area contributed by atoms with Crippen molar-refractivity contribution in [1.29, 1.82) is 0 Å². The Bertz CT molecular complexity index is 216. The minimum atomic E-state index is -0.518. The Morgan fingerprint density at radius 2 is 1.88 bits per heavy atom. The summed E-state index contributed by atoms with van der Waals surface area (Å²) < 4.78 is 5.10. The van der Waals surface area contributed by atoms with E-state index >= 15 is 0 Å². The predicted octanol–water partition coefficient (Wildman–Crippen LogP) is 0.00630. The fraction of sp³-hybridized carbons (Fsp3) is 0.917. The van der Waals surface area contributed by atoms with E-state index in [0.29, 0.717) is 12.5 Å². The molecule has 0 fully saturated rings. The molecule has 5 nitrogen and oxygen atoms in total. The van der Waals surface area contributed by atoms with E-state index in [1.807, 2.05) is 19.0 Å². The summed E-state index contributed by atoms with van der Waals surface area (Å²) in [6, 6.07) is 0. The van der Waals surface area contributed by atoms with E-state index in [9.17, 15) is 4.79 Å². The van der Waals surface area contributed by atoms with Crippen LogP contribution in [0.2, 0.25) is 0 Å². The molecule has 0 radical (unpaired) electrons. The Kier molecular flexibility index (Phi) is 8.12. The van der Waals surface area contributed by atoms with Gasteiger partial charge in [0.1, 0.15) is 6.10 Å². The minimum absolute atomic E-state index is 0.00875. The molecule has 0 saturated heterocycles. The summed E-state index contributed by atoms with van der Waals surface area (Å²) in [6.07, 6.45) is -0.518. The van der Waals surface area contributed by atoms with E-state index < -0.39 is 6.10 Å². The molecule has 0 aliphatic carbocycles. The number of carbonyl (C=O) groups excluding carboxylic acids is 1. The highest BCUT2D eigenvalue weighted by atomic mass is 16.5. The van der Waals surface area contributed by atoms with Gasteiger partial charge in [0.2, 0.25) is 0 Å². The first-order valence-corrected chi connectivity index (χ1v) is 6.08. The van der Waals surface area contributed by atoms with Crippen molar-refractivity contribution >= 4 is 5.91 Å². The Labute approximate surface area is 105 Å². The van der Waals surface area contributed by atoms with E-state index in [4.69, 9.17) is 10.5 Å². The van der Waals surface area contributed by atoms with E-state index in [2.05, 4.69) is 18.7 Å². The second kappa shape index (κ2) is 8.44. The van der Waals surface area contributed by atoms with Crippen molar-refractivity contribution in [3.63, 3.8) is 0 Å². The quantitative estimate of drug-likeness (QED) is 0.654. The van der Waals surface area contributed by atoms with Crippen molar-refractivity contribution in [2.45, 2.75) is 20.0 Å². The van der Waals surface area contributed by atoms with Crippen molar-refractivity contribution < 1.29 is 9.53 Å². The first-order valence-electron chi connectivity index (χ1n) is 6.08. The third-order valence-electron chi connectivity index (χ3n) is 2.49. The SMILES string of the molecule is COC(CN)C(=O)N(CCN(C)C)CC(C)C. The topological polar surface area (TPSA) is 58.8 Å². The van der Waals surface area contributed by atoms with Gasteiger partial charge >= 0.3 is 0 Å². The molecule has 5 heteroatoms. The van der Waals surface area contributed by atoms with Crippen LogP contribution in [-0.4, -0.2) is 69.2 Å². The van der Waals surface area contributed by atoms with Crippen LogP contribution in [0.15, 0.2) is 0 Å². The van der Waals surface area contributed by atoms with Crippen molar-refractivity contribution in [2.24, 2.45) is 11.7 Å². The Morgan fingerprint density at radius 1 is 1.29 bits per heavy atom. The molecule has 0 saturated carbocycles. The zero-order chi connectivity index (χ0) is 13.4. The number of rotatable bonds is 8. The standard InChI is InChI=1S/C12H27N3O2/c1-10(2)9-15(7-6-14(3)4)12(16)11(8-13)17-5/h10-11H,6-9,13H2,1-5H3. The van der Waals surface area contributed by atoms with Crippen LogP contribution in [-0.2, 0) is 9.53 Å². The highest BCUT2D eigenvalue weighted by Gasteiger charge is 2.23.